The number of fused-ring (bicyclic) bond motifs is 5. The van der Waals surface area contributed by atoms with Crippen molar-refractivity contribution in [3.63, 3.8) is 0 Å². The first kappa shape index (κ1) is 22.9. The van der Waals surface area contributed by atoms with Gasteiger partial charge in [0, 0.05) is 12.3 Å². The van der Waals surface area contributed by atoms with Crippen LogP contribution in [0, 0.1) is 59.2 Å². The molecule has 0 aliphatic heterocycles. The van der Waals surface area contributed by atoms with Crippen LogP contribution in [-0.4, -0.2) is 5.78 Å². The molecular weight excluding hydrogens is 352 g/mol. The molecule has 7 unspecified atom stereocenters. The first-order chi connectivity index (χ1) is 13.9. The zero-order valence-corrected chi connectivity index (χ0v) is 19.7. The van der Waals surface area contributed by atoms with Crippen molar-refractivity contribution in [1.82, 2.24) is 0 Å². The molecule has 7 atom stereocenters. The van der Waals surface area contributed by atoms with Crippen LogP contribution in [0.15, 0.2) is 0 Å². The molecule has 1 nitrogen and oxygen atoms in total. The van der Waals surface area contributed by atoms with E-state index in [1.54, 1.807) is 0 Å². The Kier molecular flexibility index (Phi) is 7.23. The molecule has 0 aromatic carbocycles. The molecule has 1 heteroatoms. The highest BCUT2D eigenvalue weighted by Gasteiger charge is 2.61. The molecule has 0 saturated heterocycles. The summed E-state index contributed by atoms with van der Waals surface area (Å²) in [4.78, 5) is 13.4. The normalized spacial score (nSPS) is 43.7. The highest BCUT2D eigenvalue weighted by molar-refractivity contribution is 5.83. The number of hydrogen-bond donors (Lipinski definition) is 0. The Morgan fingerprint density at radius 1 is 0.931 bits per heavy atom. The molecule has 0 N–H and O–H groups in total. The van der Waals surface area contributed by atoms with Gasteiger partial charge in [0.05, 0.1) is 0 Å². The molecule has 0 aromatic heterocycles. The lowest BCUT2D eigenvalue weighted by molar-refractivity contribution is -0.155. The van der Waals surface area contributed by atoms with Gasteiger partial charge in [0.2, 0.25) is 0 Å². The molecule has 0 radical (unpaired) electrons. The first-order valence-electron chi connectivity index (χ1n) is 12.7. The third-order valence-electron chi connectivity index (χ3n) is 10.2. The van der Waals surface area contributed by atoms with E-state index in [0.717, 1.165) is 18.3 Å². The maximum atomic E-state index is 13.4. The van der Waals surface area contributed by atoms with Crippen LogP contribution in [0.2, 0.25) is 0 Å². The van der Waals surface area contributed by atoms with Crippen molar-refractivity contribution in [1.29, 1.82) is 0 Å². The molecule has 4 aliphatic carbocycles. The average Bonchev–Trinajstić information content (AvgIpc) is 3.03. The van der Waals surface area contributed by atoms with E-state index in [4.69, 9.17) is 0 Å². The summed E-state index contributed by atoms with van der Waals surface area (Å²) in [6.45, 7) is 9.88. The zero-order chi connectivity index (χ0) is 21.2. The van der Waals surface area contributed by atoms with Crippen LogP contribution < -0.4 is 0 Å². The monoisotopic (exact) mass is 398 g/mol. The van der Waals surface area contributed by atoms with Gasteiger partial charge >= 0.3 is 0 Å². The van der Waals surface area contributed by atoms with Crippen molar-refractivity contribution in [2.45, 2.75) is 111 Å². The van der Waals surface area contributed by atoms with E-state index < -0.39 is 0 Å². The Balaban J connectivity index is 0.00000117. The second kappa shape index (κ2) is 9.16. The number of unbranched alkanes of at least 4 members (excludes halogenated alkanes) is 1. The van der Waals surface area contributed by atoms with Crippen molar-refractivity contribution in [3.05, 3.63) is 0 Å². The molecule has 4 rings (SSSR count). The summed E-state index contributed by atoms with van der Waals surface area (Å²) in [5, 5.41) is 0. The highest BCUT2D eigenvalue weighted by Crippen LogP contribution is 2.67. The van der Waals surface area contributed by atoms with Gasteiger partial charge in [-0.1, -0.05) is 59.8 Å². The van der Waals surface area contributed by atoms with Gasteiger partial charge < -0.3 is 0 Å². The number of carbonyl (C=O) groups excluding carboxylic acids is 1. The van der Waals surface area contributed by atoms with E-state index in [9.17, 15) is 4.79 Å². The van der Waals surface area contributed by atoms with Crippen molar-refractivity contribution < 1.29 is 4.79 Å². The predicted molar refractivity (Wildman–Crippen MR) is 123 cm³/mol. The Morgan fingerprint density at radius 2 is 1.66 bits per heavy atom. The van der Waals surface area contributed by atoms with Gasteiger partial charge in [0.15, 0.2) is 0 Å². The van der Waals surface area contributed by atoms with Gasteiger partial charge in [-0.05, 0) is 85.4 Å². The summed E-state index contributed by atoms with van der Waals surface area (Å²) < 4.78 is 0. The summed E-state index contributed by atoms with van der Waals surface area (Å²) in [6, 6.07) is 0. The third-order valence-corrected chi connectivity index (χ3v) is 10.2. The van der Waals surface area contributed by atoms with Gasteiger partial charge in [0.25, 0.3) is 0 Å². The smallest absolute Gasteiger partial charge is 0.136 e. The van der Waals surface area contributed by atoms with Gasteiger partial charge in [-0.3, -0.25) is 4.79 Å². The molecule has 29 heavy (non-hydrogen) atoms. The number of ketones is 1. The summed E-state index contributed by atoms with van der Waals surface area (Å²) in [6.07, 6.45) is 25.5. The van der Waals surface area contributed by atoms with Crippen LogP contribution >= 0.6 is 0 Å². The standard InChI is InChI=1S/C26H44O.C2H2/c1-18(2)9-5-6-10-19-12-13-21-24-22(14-16-26(19,21)4)25(3)15-8-7-11-20(25)17-23(24)27;1-2/h18-22,24H,5-17H2,1-4H3;1-2H. The van der Waals surface area contributed by atoms with E-state index in [0.29, 0.717) is 40.3 Å². The fourth-order valence-corrected chi connectivity index (χ4v) is 8.49. The Morgan fingerprint density at radius 3 is 2.38 bits per heavy atom. The maximum absolute atomic E-state index is 13.4. The number of Topliss-reactive ketones (excluding diaryl/α,β-unsaturated/α-hetero) is 1. The van der Waals surface area contributed by atoms with E-state index in [2.05, 4.69) is 40.5 Å². The minimum absolute atomic E-state index is 0.420. The number of carbonyl (C=O) groups is 1. The summed E-state index contributed by atoms with van der Waals surface area (Å²) in [7, 11) is 0. The lowest BCUT2D eigenvalue weighted by atomic mass is 9.44. The molecule has 164 valence electrons. The lowest BCUT2D eigenvalue weighted by Crippen LogP contribution is -2.56. The summed E-state index contributed by atoms with van der Waals surface area (Å²) in [5.74, 6) is 4.96. The second-order valence-electron chi connectivity index (χ2n) is 11.9. The summed E-state index contributed by atoms with van der Waals surface area (Å²) in [5.41, 5.74) is 0.944. The molecule has 0 heterocycles. The largest absolute Gasteiger partial charge is 0.299 e. The number of rotatable bonds is 5. The lowest BCUT2D eigenvalue weighted by Gasteiger charge is -2.59. The van der Waals surface area contributed by atoms with Crippen LogP contribution in [0.25, 0.3) is 0 Å². The maximum Gasteiger partial charge on any atom is 0.136 e. The minimum Gasteiger partial charge on any atom is -0.299 e. The fourth-order valence-electron chi connectivity index (χ4n) is 8.49. The molecule has 0 aromatic rings. The SMILES string of the molecule is C#C.CC(C)CCCCC1CCC2C3C(=O)CC4CCCCC4(C)C3CCC12C. The Bertz CT molecular complexity index is 588. The molecule has 4 saturated carbocycles. The van der Waals surface area contributed by atoms with Crippen molar-refractivity contribution in [2.24, 2.45) is 46.3 Å². The summed E-state index contributed by atoms with van der Waals surface area (Å²) >= 11 is 0. The zero-order valence-electron chi connectivity index (χ0n) is 19.7. The molecular formula is C28H46O. The molecule has 4 fully saturated rings. The van der Waals surface area contributed by atoms with Crippen LogP contribution in [0.4, 0.5) is 0 Å². The van der Waals surface area contributed by atoms with E-state index in [-0.39, 0.29) is 0 Å². The second-order valence-corrected chi connectivity index (χ2v) is 11.9. The van der Waals surface area contributed by atoms with Crippen molar-refractivity contribution in [2.75, 3.05) is 0 Å². The van der Waals surface area contributed by atoms with Crippen LogP contribution in [-0.2, 0) is 4.79 Å². The Hall–Kier alpha value is -0.770. The van der Waals surface area contributed by atoms with Gasteiger partial charge in [-0.15, -0.1) is 12.8 Å². The van der Waals surface area contributed by atoms with Gasteiger partial charge in [-0.2, -0.15) is 0 Å². The first-order valence-corrected chi connectivity index (χ1v) is 12.7. The molecule has 0 amide bonds. The highest BCUT2D eigenvalue weighted by atomic mass is 16.1. The van der Waals surface area contributed by atoms with Crippen molar-refractivity contribution >= 4 is 5.78 Å². The van der Waals surface area contributed by atoms with Gasteiger partial charge in [-0.25, -0.2) is 0 Å². The van der Waals surface area contributed by atoms with E-state index >= 15 is 0 Å². The third kappa shape index (κ3) is 4.07. The molecule has 0 bridgehead atoms. The van der Waals surface area contributed by atoms with Gasteiger partial charge in [0.1, 0.15) is 5.78 Å². The average molecular weight is 399 g/mol. The topological polar surface area (TPSA) is 17.1 Å². The van der Waals surface area contributed by atoms with Crippen molar-refractivity contribution in [3.8, 4) is 12.8 Å². The van der Waals surface area contributed by atoms with Crippen LogP contribution in [0.5, 0.6) is 0 Å². The molecule has 4 aliphatic rings. The quantitative estimate of drug-likeness (QED) is 0.343. The fraction of sp³-hybridized carbons (Fsp3) is 0.893. The minimum atomic E-state index is 0.420. The van der Waals surface area contributed by atoms with E-state index in [1.807, 2.05) is 0 Å². The predicted octanol–water partition coefficient (Wildman–Crippen LogP) is 7.68. The number of hydrogen-bond acceptors (Lipinski definition) is 1. The Labute approximate surface area is 181 Å². The van der Waals surface area contributed by atoms with Crippen LogP contribution in [0.1, 0.15) is 111 Å². The number of terminal acetylenes is 1. The molecule has 0 spiro atoms. The van der Waals surface area contributed by atoms with E-state index in [1.165, 1.54) is 77.0 Å². The van der Waals surface area contributed by atoms with Crippen LogP contribution in [0.3, 0.4) is 0 Å².